The van der Waals surface area contributed by atoms with Crippen molar-refractivity contribution in [3.63, 3.8) is 0 Å². The van der Waals surface area contributed by atoms with Gasteiger partial charge in [0.2, 0.25) is 21.8 Å². The van der Waals surface area contributed by atoms with E-state index in [1.807, 2.05) is 18.2 Å². The van der Waals surface area contributed by atoms with Crippen molar-refractivity contribution in [1.82, 2.24) is 4.72 Å². The van der Waals surface area contributed by atoms with Crippen LogP contribution in [-0.2, 0) is 19.6 Å². The summed E-state index contributed by atoms with van der Waals surface area (Å²) in [4.78, 5) is 26.7. The van der Waals surface area contributed by atoms with Gasteiger partial charge in [-0.1, -0.05) is 18.2 Å². The lowest BCUT2D eigenvalue weighted by molar-refractivity contribution is -0.122. The molecule has 1 heterocycles. The standard InChI is InChI=1S/C21H23N3O5S/c25-20(10-11-21(26)24-12-13-29-19-7-2-1-6-18(19)24)22-16-4-3-5-17(14-16)30(27,28)23-15-8-9-15/h1-7,14-15,23H,8-13H2,(H,22,25). The highest BCUT2D eigenvalue weighted by Gasteiger charge is 2.28. The van der Waals surface area contributed by atoms with Gasteiger partial charge in [0.25, 0.3) is 0 Å². The molecule has 2 aromatic carbocycles. The van der Waals surface area contributed by atoms with Gasteiger partial charge < -0.3 is 15.0 Å². The molecule has 2 amide bonds. The van der Waals surface area contributed by atoms with Crippen molar-refractivity contribution in [1.29, 1.82) is 0 Å². The van der Waals surface area contributed by atoms with Crippen molar-refractivity contribution in [2.45, 2.75) is 36.6 Å². The first-order valence-corrected chi connectivity index (χ1v) is 11.4. The molecular weight excluding hydrogens is 406 g/mol. The summed E-state index contributed by atoms with van der Waals surface area (Å²) in [6.45, 7) is 0.844. The van der Waals surface area contributed by atoms with Crippen LogP contribution in [0.1, 0.15) is 25.7 Å². The van der Waals surface area contributed by atoms with E-state index in [2.05, 4.69) is 10.0 Å². The van der Waals surface area contributed by atoms with Crippen LogP contribution in [0, 0.1) is 0 Å². The van der Waals surface area contributed by atoms with Crippen molar-refractivity contribution in [3.05, 3.63) is 48.5 Å². The first kappa shape index (κ1) is 20.4. The summed E-state index contributed by atoms with van der Waals surface area (Å²) in [6.07, 6.45) is 1.73. The molecule has 30 heavy (non-hydrogen) atoms. The number of hydrogen-bond acceptors (Lipinski definition) is 5. The van der Waals surface area contributed by atoms with Crippen molar-refractivity contribution >= 4 is 33.2 Å². The molecule has 1 aliphatic heterocycles. The maximum Gasteiger partial charge on any atom is 0.240 e. The van der Waals surface area contributed by atoms with Gasteiger partial charge in [0.15, 0.2) is 0 Å². The SMILES string of the molecule is O=C(CCC(=O)N1CCOc2ccccc21)Nc1cccc(S(=O)(=O)NC2CC2)c1. The summed E-state index contributed by atoms with van der Waals surface area (Å²) in [7, 11) is -3.60. The van der Waals surface area contributed by atoms with E-state index >= 15 is 0 Å². The molecule has 2 aromatic rings. The Kier molecular flexibility index (Phi) is 5.74. The van der Waals surface area contributed by atoms with Crippen LogP contribution in [0.25, 0.3) is 0 Å². The number of sulfonamides is 1. The predicted molar refractivity (Wildman–Crippen MR) is 112 cm³/mol. The molecule has 0 bridgehead atoms. The number of fused-ring (bicyclic) bond motifs is 1. The summed E-state index contributed by atoms with van der Waals surface area (Å²) >= 11 is 0. The Hall–Kier alpha value is -2.91. The lowest BCUT2D eigenvalue weighted by Gasteiger charge is -2.29. The maximum atomic E-state index is 12.6. The molecule has 4 rings (SSSR count). The lowest BCUT2D eigenvalue weighted by Crippen LogP contribution is -2.38. The first-order valence-electron chi connectivity index (χ1n) is 9.87. The van der Waals surface area contributed by atoms with Gasteiger partial charge in [0.05, 0.1) is 17.1 Å². The minimum Gasteiger partial charge on any atom is -0.490 e. The monoisotopic (exact) mass is 429 g/mol. The van der Waals surface area contributed by atoms with Crippen molar-refractivity contribution < 1.29 is 22.7 Å². The Morgan fingerprint density at radius 3 is 2.67 bits per heavy atom. The van der Waals surface area contributed by atoms with E-state index in [9.17, 15) is 18.0 Å². The number of nitrogens with zero attached hydrogens (tertiary/aromatic N) is 1. The molecule has 0 atom stereocenters. The third kappa shape index (κ3) is 4.80. The average Bonchev–Trinajstić information content (AvgIpc) is 3.55. The number of para-hydroxylation sites is 2. The fourth-order valence-corrected chi connectivity index (χ4v) is 4.59. The zero-order chi connectivity index (χ0) is 21.1. The van der Waals surface area contributed by atoms with Gasteiger partial charge in [0.1, 0.15) is 12.4 Å². The molecule has 0 radical (unpaired) electrons. The second-order valence-electron chi connectivity index (χ2n) is 7.33. The molecule has 0 saturated heterocycles. The van der Waals surface area contributed by atoms with Crippen LogP contribution in [0.3, 0.4) is 0 Å². The lowest BCUT2D eigenvalue weighted by atomic mass is 10.2. The van der Waals surface area contributed by atoms with E-state index in [-0.39, 0.29) is 35.6 Å². The molecule has 8 nitrogen and oxygen atoms in total. The van der Waals surface area contributed by atoms with Gasteiger partial charge >= 0.3 is 0 Å². The number of carbonyl (C=O) groups excluding carboxylic acids is 2. The number of anilines is 2. The molecule has 158 valence electrons. The van der Waals surface area contributed by atoms with Crippen LogP contribution in [0.5, 0.6) is 5.75 Å². The van der Waals surface area contributed by atoms with Crippen LogP contribution in [0.2, 0.25) is 0 Å². The van der Waals surface area contributed by atoms with Crippen LogP contribution < -0.4 is 19.7 Å². The molecule has 0 unspecified atom stereocenters. The number of carbonyl (C=O) groups is 2. The Morgan fingerprint density at radius 2 is 1.87 bits per heavy atom. The zero-order valence-corrected chi connectivity index (χ0v) is 17.2. The summed E-state index contributed by atoms with van der Waals surface area (Å²) in [6, 6.07) is 13.4. The van der Waals surface area contributed by atoms with Gasteiger partial charge in [-0.3, -0.25) is 9.59 Å². The number of rotatable bonds is 7. The van der Waals surface area contributed by atoms with Gasteiger partial charge in [0, 0.05) is 24.6 Å². The summed E-state index contributed by atoms with van der Waals surface area (Å²) in [5.41, 5.74) is 1.08. The van der Waals surface area contributed by atoms with Gasteiger partial charge in [-0.25, -0.2) is 13.1 Å². The molecule has 9 heteroatoms. The quantitative estimate of drug-likeness (QED) is 0.703. The number of nitrogens with one attached hydrogen (secondary N) is 2. The van der Waals surface area contributed by atoms with E-state index in [1.54, 1.807) is 23.1 Å². The molecule has 2 N–H and O–H groups in total. The van der Waals surface area contributed by atoms with Crippen LogP contribution >= 0.6 is 0 Å². The highest BCUT2D eigenvalue weighted by atomic mass is 32.2. The van der Waals surface area contributed by atoms with E-state index in [0.29, 0.717) is 30.3 Å². The van der Waals surface area contributed by atoms with Gasteiger partial charge in [-0.15, -0.1) is 0 Å². The topological polar surface area (TPSA) is 105 Å². The zero-order valence-electron chi connectivity index (χ0n) is 16.3. The fraction of sp³-hybridized carbons (Fsp3) is 0.333. The molecular formula is C21H23N3O5S. The van der Waals surface area contributed by atoms with E-state index in [0.717, 1.165) is 12.8 Å². The molecule has 1 saturated carbocycles. The maximum absolute atomic E-state index is 12.6. The fourth-order valence-electron chi connectivity index (χ4n) is 3.24. The summed E-state index contributed by atoms with van der Waals surface area (Å²) in [5, 5.41) is 2.67. The van der Waals surface area contributed by atoms with Crippen LogP contribution in [0.15, 0.2) is 53.4 Å². The van der Waals surface area contributed by atoms with E-state index in [1.165, 1.54) is 12.1 Å². The van der Waals surface area contributed by atoms with Crippen molar-refractivity contribution in [2.24, 2.45) is 0 Å². The minimum absolute atomic E-state index is 0.00424. The van der Waals surface area contributed by atoms with Crippen LogP contribution in [-0.4, -0.2) is 39.4 Å². The molecule has 1 aliphatic carbocycles. The van der Waals surface area contributed by atoms with Gasteiger partial charge in [-0.2, -0.15) is 0 Å². The second kappa shape index (κ2) is 8.45. The van der Waals surface area contributed by atoms with E-state index < -0.39 is 10.0 Å². The number of hydrogen-bond donors (Lipinski definition) is 2. The Morgan fingerprint density at radius 1 is 1.07 bits per heavy atom. The van der Waals surface area contributed by atoms with Gasteiger partial charge in [-0.05, 0) is 43.2 Å². The average molecular weight is 429 g/mol. The van der Waals surface area contributed by atoms with Crippen molar-refractivity contribution in [2.75, 3.05) is 23.4 Å². The Bertz CT molecular complexity index is 1070. The molecule has 0 spiro atoms. The normalized spacial score (nSPS) is 15.8. The second-order valence-corrected chi connectivity index (χ2v) is 9.05. The third-order valence-electron chi connectivity index (χ3n) is 4.92. The smallest absolute Gasteiger partial charge is 0.240 e. The number of ether oxygens (including phenoxy) is 1. The van der Waals surface area contributed by atoms with E-state index in [4.69, 9.17) is 4.74 Å². The summed E-state index contributed by atoms with van der Waals surface area (Å²) in [5.74, 6) is 0.139. The van der Waals surface area contributed by atoms with Crippen molar-refractivity contribution in [3.8, 4) is 5.75 Å². The molecule has 0 aromatic heterocycles. The highest BCUT2D eigenvalue weighted by Crippen LogP contribution is 2.31. The number of benzene rings is 2. The predicted octanol–water partition coefficient (Wildman–Crippen LogP) is 2.27. The van der Waals surface area contributed by atoms with Crippen LogP contribution in [0.4, 0.5) is 11.4 Å². The number of amides is 2. The highest BCUT2D eigenvalue weighted by molar-refractivity contribution is 7.89. The minimum atomic E-state index is -3.60. The summed E-state index contributed by atoms with van der Waals surface area (Å²) < 4.78 is 32.8. The first-order chi connectivity index (χ1) is 14.4. The molecule has 2 aliphatic rings. The Balaban J connectivity index is 1.34. The largest absolute Gasteiger partial charge is 0.490 e. The third-order valence-corrected chi connectivity index (χ3v) is 6.44. The molecule has 1 fully saturated rings. The Labute approximate surface area is 175 Å².